The van der Waals surface area contributed by atoms with E-state index in [1.165, 1.54) is 12.1 Å². The molecular formula is C10H4BrF3N2. The molecule has 1 aromatic heterocycles. The predicted octanol–water partition coefficient (Wildman–Crippen LogP) is 3.82. The molecule has 0 bridgehead atoms. The molecule has 1 aromatic carbocycles. The Hall–Kier alpha value is -1.48. The van der Waals surface area contributed by atoms with E-state index in [2.05, 4.69) is 20.9 Å². The van der Waals surface area contributed by atoms with Crippen LogP contribution in [-0.4, -0.2) is 4.98 Å². The third-order valence-corrected chi connectivity index (χ3v) is 2.65. The fourth-order valence-corrected chi connectivity index (χ4v) is 1.85. The average molecular weight is 289 g/mol. The summed E-state index contributed by atoms with van der Waals surface area (Å²) in [6, 6.07) is 6.17. The normalized spacial score (nSPS) is 11.7. The van der Waals surface area contributed by atoms with Gasteiger partial charge in [0.05, 0.1) is 5.56 Å². The molecule has 2 nitrogen and oxygen atoms in total. The monoisotopic (exact) mass is 288 g/mol. The molecule has 1 N–H and O–H groups in total. The van der Waals surface area contributed by atoms with E-state index in [1.807, 2.05) is 0 Å². The zero-order valence-corrected chi connectivity index (χ0v) is 9.28. The van der Waals surface area contributed by atoms with E-state index in [9.17, 15) is 13.2 Å². The SMILES string of the molecule is N#Cc1c(C(F)(F)F)[nH]c2ccc(Br)cc12. The zero-order chi connectivity index (χ0) is 11.9. The highest BCUT2D eigenvalue weighted by Gasteiger charge is 2.36. The maximum Gasteiger partial charge on any atom is 0.432 e. The van der Waals surface area contributed by atoms with Gasteiger partial charge in [-0.25, -0.2) is 0 Å². The molecule has 0 spiro atoms. The number of nitriles is 1. The van der Waals surface area contributed by atoms with Crippen molar-refractivity contribution in [3.8, 4) is 6.07 Å². The van der Waals surface area contributed by atoms with Crippen molar-refractivity contribution >= 4 is 26.8 Å². The Labute approximate surface area is 96.8 Å². The summed E-state index contributed by atoms with van der Waals surface area (Å²) in [5.74, 6) is 0. The number of nitrogens with one attached hydrogen (secondary N) is 1. The molecule has 82 valence electrons. The van der Waals surface area contributed by atoms with Crippen LogP contribution in [0.15, 0.2) is 22.7 Å². The molecule has 0 saturated carbocycles. The second-order valence-corrected chi connectivity index (χ2v) is 4.09. The highest BCUT2D eigenvalue weighted by Crippen LogP contribution is 2.35. The quantitative estimate of drug-likeness (QED) is 0.786. The predicted molar refractivity (Wildman–Crippen MR) is 55.7 cm³/mol. The fourth-order valence-electron chi connectivity index (χ4n) is 1.49. The lowest BCUT2D eigenvalue weighted by atomic mass is 10.1. The Kier molecular flexibility index (Phi) is 2.43. The van der Waals surface area contributed by atoms with Gasteiger partial charge in [-0.2, -0.15) is 18.4 Å². The molecule has 0 saturated heterocycles. The average Bonchev–Trinajstić information content (AvgIpc) is 2.54. The summed E-state index contributed by atoms with van der Waals surface area (Å²) in [4.78, 5) is 2.21. The number of aromatic amines is 1. The van der Waals surface area contributed by atoms with Gasteiger partial charge >= 0.3 is 6.18 Å². The van der Waals surface area contributed by atoms with Crippen molar-refractivity contribution in [3.05, 3.63) is 33.9 Å². The Bertz CT molecular complexity index is 592. The Morgan fingerprint density at radius 1 is 1.31 bits per heavy atom. The number of alkyl halides is 3. The van der Waals surface area contributed by atoms with E-state index in [4.69, 9.17) is 5.26 Å². The Morgan fingerprint density at radius 2 is 2.00 bits per heavy atom. The lowest BCUT2D eigenvalue weighted by Crippen LogP contribution is -2.07. The van der Waals surface area contributed by atoms with E-state index < -0.39 is 11.9 Å². The number of hydrogen-bond acceptors (Lipinski definition) is 1. The van der Waals surface area contributed by atoms with E-state index in [0.717, 1.165) is 0 Å². The van der Waals surface area contributed by atoms with Crippen molar-refractivity contribution in [1.29, 1.82) is 5.26 Å². The van der Waals surface area contributed by atoms with E-state index in [0.29, 0.717) is 9.99 Å². The second-order valence-electron chi connectivity index (χ2n) is 3.17. The summed E-state index contributed by atoms with van der Waals surface area (Å²) in [7, 11) is 0. The number of H-pyrrole nitrogens is 1. The number of fused-ring (bicyclic) bond motifs is 1. The first-order valence-electron chi connectivity index (χ1n) is 4.22. The van der Waals surface area contributed by atoms with E-state index >= 15 is 0 Å². The standard InChI is InChI=1S/C10H4BrF3N2/c11-5-1-2-8-6(3-5)7(4-15)9(16-8)10(12,13)14/h1-3,16H. The molecule has 2 aromatic rings. The number of aromatic nitrogens is 1. The van der Waals surface area contributed by atoms with Crippen LogP contribution < -0.4 is 0 Å². The first kappa shape index (κ1) is 11.0. The maximum absolute atomic E-state index is 12.6. The van der Waals surface area contributed by atoms with Gasteiger partial charge in [0.15, 0.2) is 0 Å². The molecule has 0 aliphatic heterocycles. The number of hydrogen-bond donors (Lipinski definition) is 1. The molecule has 0 aliphatic carbocycles. The minimum Gasteiger partial charge on any atom is -0.350 e. The van der Waals surface area contributed by atoms with Gasteiger partial charge in [-0.1, -0.05) is 15.9 Å². The van der Waals surface area contributed by atoms with Crippen molar-refractivity contribution in [1.82, 2.24) is 4.98 Å². The fraction of sp³-hybridized carbons (Fsp3) is 0.100. The summed E-state index contributed by atoms with van der Waals surface area (Å²) < 4.78 is 38.4. The Balaban J connectivity index is 2.84. The van der Waals surface area contributed by atoms with Gasteiger partial charge in [-0.05, 0) is 18.2 Å². The van der Waals surface area contributed by atoms with Crippen LogP contribution in [0.25, 0.3) is 10.9 Å². The van der Waals surface area contributed by atoms with Crippen LogP contribution in [0.2, 0.25) is 0 Å². The molecule has 1 heterocycles. The lowest BCUT2D eigenvalue weighted by Gasteiger charge is -2.02. The lowest BCUT2D eigenvalue weighted by molar-refractivity contribution is -0.140. The van der Waals surface area contributed by atoms with Crippen LogP contribution in [0.4, 0.5) is 13.2 Å². The third kappa shape index (κ3) is 1.67. The smallest absolute Gasteiger partial charge is 0.350 e. The highest BCUT2D eigenvalue weighted by atomic mass is 79.9. The number of rotatable bonds is 0. The summed E-state index contributed by atoms with van der Waals surface area (Å²) in [6.07, 6.45) is -4.55. The van der Waals surface area contributed by atoms with Crippen molar-refractivity contribution in [2.75, 3.05) is 0 Å². The summed E-state index contributed by atoms with van der Waals surface area (Å²) in [5.41, 5.74) is -1.07. The number of nitrogens with zero attached hydrogens (tertiary/aromatic N) is 1. The van der Waals surface area contributed by atoms with Crippen LogP contribution in [-0.2, 0) is 6.18 Å². The molecule has 6 heteroatoms. The highest BCUT2D eigenvalue weighted by molar-refractivity contribution is 9.10. The van der Waals surface area contributed by atoms with Crippen molar-refractivity contribution in [2.45, 2.75) is 6.18 Å². The zero-order valence-electron chi connectivity index (χ0n) is 7.69. The van der Waals surface area contributed by atoms with E-state index in [1.54, 1.807) is 12.1 Å². The molecule has 0 aliphatic rings. The molecule has 0 atom stereocenters. The molecule has 2 rings (SSSR count). The Morgan fingerprint density at radius 3 is 2.56 bits per heavy atom. The second kappa shape index (κ2) is 3.52. The van der Waals surface area contributed by atoms with Gasteiger partial charge < -0.3 is 4.98 Å². The van der Waals surface area contributed by atoms with Crippen LogP contribution in [0.5, 0.6) is 0 Å². The van der Waals surface area contributed by atoms with Gasteiger partial charge in [0.25, 0.3) is 0 Å². The summed E-state index contributed by atoms with van der Waals surface area (Å²) >= 11 is 3.15. The van der Waals surface area contributed by atoms with Crippen LogP contribution in [0.1, 0.15) is 11.3 Å². The van der Waals surface area contributed by atoms with Crippen molar-refractivity contribution in [2.24, 2.45) is 0 Å². The summed E-state index contributed by atoms with van der Waals surface area (Å²) in [6.45, 7) is 0. The first-order valence-corrected chi connectivity index (χ1v) is 5.01. The summed E-state index contributed by atoms with van der Waals surface area (Å²) in [5, 5.41) is 9.04. The topological polar surface area (TPSA) is 39.6 Å². The van der Waals surface area contributed by atoms with Crippen molar-refractivity contribution in [3.63, 3.8) is 0 Å². The molecule has 0 unspecified atom stereocenters. The van der Waals surface area contributed by atoms with Gasteiger partial charge in [0.1, 0.15) is 11.8 Å². The van der Waals surface area contributed by atoms with Crippen LogP contribution >= 0.6 is 15.9 Å². The van der Waals surface area contributed by atoms with Crippen LogP contribution in [0.3, 0.4) is 0 Å². The first-order chi connectivity index (χ1) is 7.43. The minimum absolute atomic E-state index is 0.268. The number of benzene rings is 1. The van der Waals surface area contributed by atoms with Gasteiger partial charge in [0, 0.05) is 15.4 Å². The molecular weight excluding hydrogens is 285 g/mol. The molecule has 0 radical (unpaired) electrons. The molecule has 16 heavy (non-hydrogen) atoms. The molecule has 0 amide bonds. The molecule has 0 fully saturated rings. The third-order valence-electron chi connectivity index (χ3n) is 2.16. The van der Waals surface area contributed by atoms with Gasteiger partial charge in [0.2, 0.25) is 0 Å². The number of halogens is 4. The van der Waals surface area contributed by atoms with Crippen molar-refractivity contribution < 1.29 is 13.2 Å². The van der Waals surface area contributed by atoms with Gasteiger partial charge in [-0.15, -0.1) is 0 Å². The minimum atomic E-state index is -4.55. The van der Waals surface area contributed by atoms with E-state index in [-0.39, 0.29) is 10.9 Å². The largest absolute Gasteiger partial charge is 0.432 e. The van der Waals surface area contributed by atoms with Crippen LogP contribution in [0, 0.1) is 11.3 Å². The van der Waals surface area contributed by atoms with Gasteiger partial charge in [-0.3, -0.25) is 0 Å². The maximum atomic E-state index is 12.6.